The van der Waals surface area contributed by atoms with Crippen LogP contribution in [0.3, 0.4) is 0 Å². The van der Waals surface area contributed by atoms with Gasteiger partial charge in [-0.3, -0.25) is 37.3 Å². The zero-order valence-corrected chi connectivity index (χ0v) is 58.1. The molecule has 0 rings (SSSR count). The van der Waals surface area contributed by atoms with Gasteiger partial charge in [-0.15, -0.1) is 0 Å². The largest absolute Gasteiger partial charge is 0.472 e. The highest BCUT2D eigenvalue weighted by Crippen LogP contribution is 2.45. The molecule has 0 aromatic heterocycles. The summed E-state index contributed by atoms with van der Waals surface area (Å²) in [5, 5.41) is 10.6. The molecule has 19 heteroatoms. The zero-order chi connectivity index (χ0) is 64.3. The highest BCUT2D eigenvalue weighted by atomic mass is 31.2. The van der Waals surface area contributed by atoms with Crippen molar-refractivity contribution in [3.05, 3.63) is 0 Å². The van der Waals surface area contributed by atoms with E-state index in [9.17, 15) is 43.2 Å². The van der Waals surface area contributed by atoms with Crippen molar-refractivity contribution in [3.8, 4) is 0 Å². The highest BCUT2D eigenvalue weighted by Gasteiger charge is 2.30. The van der Waals surface area contributed by atoms with Gasteiger partial charge in [-0.05, 0) is 37.5 Å². The van der Waals surface area contributed by atoms with E-state index >= 15 is 0 Å². The number of rotatable bonds is 67. The van der Waals surface area contributed by atoms with Crippen LogP contribution in [0.5, 0.6) is 0 Å². The van der Waals surface area contributed by atoms with E-state index < -0.39 is 97.5 Å². The Labute approximate surface area is 530 Å². The first-order valence-electron chi connectivity index (χ1n) is 35.5. The Balaban J connectivity index is 5.26. The van der Waals surface area contributed by atoms with Gasteiger partial charge in [0.25, 0.3) is 0 Å². The Morgan fingerprint density at radius 3 is 0.874 bits per heavy atom. The molecule has 0 spiro atoms. The second-order valence-corrected chi connectivity index (χ2v) is 28.2. The van der Waals surface area contributed by atoms with Crippen molar-refractivity contribution < 1.29 is 80.2 Å². The number of esters is 4. The molecule has 0 bridgehead atoms. The van der Waals surface area contributed by atoms with E-state index in [4.69, 9.17) is 37.0 Å². The number of ether oxygens (including phenoxy) is 4. The molecule has 0 fully saturated rings. The molecule has 0 aliphatic carbocycles. The number of phosphoric ester groups is 2. The number of carbonyl (C=O) groups is 4. The third-order valence-corrected chi connectivity index (χ3v) is 18.0. The normalized spacial score (nSPS) is 14.5. The molecule has 0 amide bonds. The van der Waals surface area contributed by atoms with Crippen molar-refractivity contribution in [3.63, 3.8) is 0 Å². The summed E-state index contributed by atoms with van der Waals surface area (Å²) in [6.45, 7) is 9.51. The van der Waals surface area contributed by atoms with Gasteiger partial charge >= 0.3 is 39.5 Å². The van der Waals surface area contributed by atoms with Crippen LogP contribution in [0.2, 0.25) is 0 Å². The van der Waals surface area contributed by atoms with Crippen molar-refractivity contribution in [2.24, 2.45) is 11.8 Å². The number of phosphoric acid groups is 2. The number of carbonyl (C=O) groups excluding carboxylic acids is 4. The Morgan fingerprint density at radius 1 is 0.333 bits per heavy atom. The standard InChI is InChI=1S/C68H132O17P2/c1-7-10-12-14-16-18-20-22-26-34-40-46-52-67(72)84-63(56-78-65(70)50-44-38-32-25-21-19-17-15-13-11-8-2)58-82-86(74,75)80-54-62(69)55-81-87(76,77)83-59-64(85-68(73)53-47-41-35-27-23-24-30-36-42-48-60(4)5)57-79-66(71)51-45-39-33-29-28-31-37-43-49-61(6)9-3/h60-64,69H,7-59H2,1-6H3,(H,74,75)(H,76,77)/t61?,62-,63+,64+/m0/s1. The molecule has 17 nitrogen and oxygen atoms in total. The number of aliphatic hydroxyl groups excluding tert-OH is 1. The molecule has 87 heavy (non-hydrogen) atoms. The first-order chi connectivity index (χ1) is 41.9. The van der Waals surface area contributed by atoms with Crippen molar-refractivity contribution in [2.45, 2.75) is 362 Å². The van der Waals surface area contributed by atoms with Gasteiger partial charge in [0, 0.05) is 25.7 Å². The van der Waals surface area contributed by atoms with Crippen LogP contribution >= 0.6 is 15.6 Å². The fraction of sp³-hybridized carbons (Fsp3) is 0.941. The van der Waals surface area contributed by atoms with Gasteiger partial charge in [0.2, 0.25) is 0 Å². The minimum Gasteiger partial charge on any atom is -0.462 e. The van der Waals surface area contributed by atoms with Gasteiger partial charge in [-0.25, -0.2) is 9.13 Å². The fourth-order valence-corrected chi connectivity index (χ4v) is 11.8. The van der Waals surface area contributed by atoms with Crippen molar-refractivity contribution in [2.75, 3.05) is 39.6 Å². The first kappa shape index (κ1) is 85.1. The van der Waals surface area contributed by atoms with Crippen molar-refractivity contribution in [1.29, 1.82) is 0 Å². The van der Waals surface area contributed by atoms with Gasteiger partial charge in [-0.1, -0.05) is 292 Å². The predicted octanol–water partition coefficient (Wildman–Crippen LogP) is 19.2. The summed E-state index contributed by atoms with van der Waals surface area (Å²) in [4.78, 5) is 72.4. The lowest BCUT2D eigenvalue weighted by atomic mass is 9.99. The van der Waals surface area contributed by atoms with Gasteiger partial charge < -0.3 is 33.8 Å². The third kappa shape index (κ3) is 61.3. The Kier molecular flexibility index (Phi) is 59.0. The molecule has 0 saturated carbocycles. The smallest absolute Gasteiger partial charge is 0.462 e. The number of aliphatic hydroxyl groups is 1. The molecular weight excluding hydrogens is 1150 g/mol. The Bertz CT molecular complexity index is 1700. The Morgan fingerprint density at radius 2 is 0.586 bits per heavy atom. The zero-order valence-electron chi connectivity index (χ0n) is 56.3. The summed E-state index contributed by atoms with van der Waals surface area (Å²) in [7, 11) is -9.90. The van der Waals surface area contributed by atoms with Gasteiger partial charge in [0.05, 0.1) is 26.4 Å². The van der Waals surface area contributed by atoms with Crippen LogP contribution in [0.25, 0.3) is 0 Å². The van der Waals surface area contributed by atoms with Crippen LogP contribution in [0.15, 0.2) is 0 Å². The van der Waals surface area contributed by atoms with E-state index in [2.05, 4.69) is 41.5 Å². The molecule has 3 unspecified atom stereocenters. The van der Waals surface area contributed by atoms with Crippen LogP contribution in [0.4, 0.5) is 0 Å². The molecule has 0 aliphatic heterocycles. The summed E-state index contributed by atoms with van der Waals surface area (Å²) < 4.78 is 68.2. The maximum absolute atomic E-state index is 13.0. The lowest BCUT2D eigenvalue weighted by Crippen LogP contribution is -2.30. The molecule has 0 aromatic carbocycles. The van der Waals surface area contributed by atoms with Gasteiger partial charge in [0.15, 0.2) is 12.2 Å². The molecule has 516 valence electrons. The summed E-state index contributed by atoms with van der Waals surface area (Å²) in [6, 6.07) is 0. The fourth-order valence-electron chi connectivity index (χ4n) is 10.2. The highest BCUT2D eigenvalue weighted by molar-refractivity contribution is 7.47. The monoisotopic (exact) mass is 1280 g/mol. The summed E-state index contributed by atoms with van der Waals surface area (Å²) in [5.41, 5.74) is 0. The molecule has 0 heterocycles. The van der Waals surface area contributed by atoms with Gasteiger partial charge in [0.1, 0.15) is 19.3 Å². The summed E-state index contributed by atoms with van der Waals surface area (Å²) in [5.74, 6) is -0.612. The van der Waals surface area contributed by atoms with Crippen molar-refractivity contribution >= 4 is 39.5 Å². The number of unbranched alkanes of at least 4 members (excludes halogenated alkanes) is 36. The number of hydrogen-bond acceptors (Lipinski definition) is 15. The van der Waals surface area contributed by atoms with Crippen LogP contribution < -0.4 is 0 Å². The predicted molar refractivity (Wildman–Crippen MR) is 349 cm³/mol. The van der Waals surface area contributed by atoms with Crippen LogP contribution in [0, 0.1) is 11.8 Å². The topological polar surface area (TPSA) is 237 Å². The quantitative estimate of drug-likeness (QED) is 0.0222. The third-order valence-electron chi connectivity index (χ3n) is 16.1. The summed E-state index contributed by atoms with van der Waals surface area (Å²) in [6.07, 6.45) is 44.2. The Hall–Kier alpha value is -1.94. The van der Waals surface area contributed by atoms with E-state index in [1.807, 2.05) is 0 Å². The van der Waals surface area contributed by atoms with Crippen molar-refractivity contribution in [1.82, 2.24) is 0 Å². The van der Waals surface area contributed by atoms with Gasteiger partial charge in [-0.2, -0.15) is 0 Å². The van der Waals surface area contributed by atoms with E-state index in [1.165, 1.54) is 161 Å². The molecule has 6 atom stereocenters. The second-order valence-electron chi connectivity index (χ2n) is 25.3. The van der Waals surface area contributed by atoms with Crippen LogP contribution in [-0.2, 0) is 65.4 Å². The summed E-state index contributed by atoms with van der Waals surface area (Å²) >= 11 is 0. The molecule has 3 N–H and O–H groups in total. The lowest BCUT2D eigenvalue weighted by Gasteiger charge is -2.21. The van der Waals surface area contributed by atoms with E-state index in [-0.39, 0.29) is 25.7 Å². The lowest BCUT2D eigenvalue weighted by molar-refractivity contribution is -0.161. The maximum atomic E-state index is 13.0. The molecule has 0 saturated heterocycles. The molecule has 0 aromatic rings. The van der Waals surface area contributed by atoms with Crippen LogP contribution in [-0.4, -0.2) is 96.7 Å². The van der Waals surface area contributed by atoms with E-state index in [0.29, 0.717) is 25.7 Å². The molecular formula is C68H132O17P2. The minimum absolute atomic E-state index is 0.105. The van der Waals surface area contributed by atoms with E-state index in [1.54, 1.807) is 0 Å². The SMILES string of the molecule is CCCCCCCCCCCCCCC(=O)O[C@H](COC(=O)CCCCCCCCCCCCC)COP(=O)(O)OC[C@H](O)COP(=O)(O)OC[C@@H](COC(=O)CCCCCCCCCCC(C)CC)OC(=O)CCCCCCCCCCCC(C)C. The molecule has 0 aliphatic rings. The maximum Gasteiger partial charge on any atom is 0.472 e. The minimum atomic E-state index is -4.95. The second kappa shape index (κ2) is 60.3. The van der Waals surface area contributed by atoms with E-state index in [0.717, 1.165) is 102 Å². The first-order valence-corrected chi connectivity index (χ1v) is 38.5. The molecule has 0 radical (unpaired) electrons. The van der Waals surface area contributed by atoms with Crippen LogP contribution in [0.1, 0.15) is 343 Å². The average molecular weight is 1280 g/mol. The average Bonchev–Trinajstić information content (AvgIpc) is 3.68. The number of hydrogen-bond donors (Lipinski definition) is 3.